The number of nitrogens with two attached hydrogens (primary N) is 1. The van der Waals surface area contributed by atoms with Gasteiger partial charge < -0.3 is 10.5 Å². The smallest absolute Gasteiger partial charge is 0.205 e. The summed E-state index contributed by atoms with van der Waals surface area (Å²) in [6.45, 7) is 0. The summed E-state index contributed by atoms with van der Waals surface area (Å²) in [5, 5.41) is 0. The monoisotopic (exact) mass is 383 g/mol. The topological polar surface area (TPSA) is 53.1 Å². The largest absolute Gasteiger partial charge is 0.497 e. The van der Waals surface area contributed by atoms with Crippen LogP contribution in [0.25, 0.3) is 16.7 Å². The Bertz CT molecular complexity index is 800. The first-order valence-electron chi connectivity index (χ1n) is 5.87. The first-order valence-corrected chi connectivity index (χ1v) is 6.95. The molecule has 0 radical (unpaired) electrons. The van der Waals surface area contributed by atoms with Gasteiger partial charge >= 0.3 is 0 Å². The zero-order valence-electron chi connectivity index (χ0n) is 10.6. The van der Waals surface area contributed by atoms with E-state index in [0.717, 1.165) is 26.0 Å². The number of rotatable bonds is 2. The van der Waals surface area contributed by atoms with Crippen molar-refractivity contribution in [3.8, 4) is 11.4 Å². The summed E-state index contributed by atoms with van der Waals surface area (Å²) in [6.07, 6.45) is 0. The Morgan fingerprint density at radius 1 is 1.25 bits per heavy atom. The second kappa shape index (κ2) is 4.93. The number of ether oxygens (including phenoxy) is 1. The van der Waals surface area contributed by atoms with E-state index < -0.39 is 0 Å². The average molecular weight is 383 g/mol. The molecule has 4 nitrogen and oxygen atoms in total. The predicted molar refractivity (Wildman–Crippen MR) is 84.7 cm³/mol. The van der Waals surface area contributed by atoms with E-state index in [1.165, 1.54) is 12.1 Å². The van der Waals surface area contributed by atoms with E-state index in [2.05, 4.69) is 27.6 Å². The molecule has 1 aromatic heterocycles. The number of fused-ring (bicyclic) bond motifs is 1. The van der Waals surface area contributed by atoms with Crippen LogP contribution in [0.15, 0.2) is 36.4 Å². The number of nitrogen functional groups attached to an aromatic ring is 1. The molecule has 0 amide bonds. The van der Waals surface area contributed by atoms with Gasteiger partial charge in [-0.25, -0.2) is 9.37 Å². The molecule has 2 aromatic carbocycles. The van der Waals surface area contributed by atoms with E-state index in [1.807, 2.05) is 18.2 Å². The molecule has 3 rings (SSSR count). The van der Waals surface area contributed by atoms with Gasteiger partial charge in [-0.1, -0.05) is 0 Å². The molecule has 0 fully saturated rings. The van der Waals surface area contributed by atoms with Crippen molar-refractivity contribution in [3.05, 3.63) is 45.8 Å². The van der Waals surface area contributed by atoms with Crippen LogP contribution >= 0.6 is 22.6 Å². The van der Waals surface area contributed by atoms with Crippen molar-refractivity contribution in [1.82, 2.24) is 9.55 Å². The molecule has 0 saturated heterocycles. The van der Waals surface area contributed by atoms with Crippen molar-refractivity contribution in [3.63, 3.8) is 0 Å². The minimum absolute atomic E-state index is 0.275. The van der Waals surface area contributed by atoms with Crippen molar-refractivity contribution in [2.45, 2.75) is 0 Å². The van der Waals surface area contributed by atoms with Gasteiger partial charge in [-0.2, -0.15) is 0 Å². The summed E-state index contributed by atoms with van der Waals surface area (Å²) in [5.74, 6) is 0.802. The minimum atomic E-state index is -0.275. The molecule has 0 aliphatic carbocycles. The average Bonchev–Trinajstić information content (AvgIpc) is 2.74. The Morgan fingerprint density at radius 2 is 2.05 bits per heavy atom. The summed E-state index contributed by atoms with van der Waals surface area (Å²) in [5.41, 5.74) is 8.39. The van der Waals surface area contributed by atoms with Crippen molar-refractivity contribution in [2.24, 2.45) is 0 Å². The standard InChI is InChI=1S/C14H11FIN3O/c1-20-9-3-5-13-11(7-9)18-14(17)19(13)12-4-2-8(15)6-10(12)16/h2-7H,1H3,(H2,17,18). The number of halogens is 2. The molecule has 0 saturated carbocycles. The third kappa shape index (κ3) is 2.09. The molecule has 0 aliphatic rings. The van der Waals surface area contributed by atoms with Crippen molar-refractivity contribution < 1.29 is 9.13 Å². The Morgan fingerprint density at radius 3 is 2.75 bits per heavy atom. The second-order valence-corrected chi connectivity index (χ2v) is 5.42. The number of hydrogen-bond acceptors (Lipinski definition) is 3. The zero-order chi connectivity index (χ0) is 14.3. The predicted octanol–water partition coefficient (Wildman–Crippen LogP) is 3.36. The van der Waals surface area contributed by atoms with Crippen molar-refractivity contribution >= 4 is 39.6 Å². The fourth-order valence-corrected chi connectivity index (χ4v) is 2.84. The molecule has 0 aliphatic heterocycles. The lowest BCUT2D eigenvalue weighted by atomic mass is 10.2. The third-order valence-corrected chi connectivity index (χ3v) is 3.90. The molecule has 0 bridgehead atoms. The lowest BCUT2D eigenvalue weighted by Gasteiger charge is -2.09. The SMILES string of the molecule is COc1ccc2c(c1)nc(N)n2-c1ccc(F)cc1I. The van der Waals surface area contributed by atoms with Gasteiger partial charge in [0.25, 0.3) is 0 Å². The third-order valence-electron chi connectivity index (χ3n) is 3.04. The molecule has 2 N–H and O–H groups in total. The Hall–Kier alpha value is -1.83. The lowest BCUT2D eigenvalue weighted by molar-refractivity contribution is 0.415. The summed E-state index contributed by atoms with van der Waals surface area (Å²) in [6, 6.07) is 10.1. The van der Waals surface area contributed by atoms with Crippen LogP contribution in [0.2, 0.25) is 0 Å². The van der Waals surface area contributed by atoms with Crippen molar-refractivity contribution in [1.29, 1.82) is 0 Å². The van der Waals surface area contributed by atoms with Crippen LogP contribution < -0.4 is 10.5 Å². The molecule has 0 spiro atoms. The summed E-state index contributed by atoms with van der Waals surface area (Å²) in [4.78, 5) is 4.33. The Kier molecular flexibility index (Phi) is 3.25. The van der Waals surface area contributed by atoms with Gasteiger partial charge in [0, 0.05) is 9.64 Å². The summed E-state index contributed by atoms with van der Waals surface area (Å²) >= 11 is 2.08. The molecule has 3 aromatic rings. The van der Waals surface area contributed by atoms with E-state index in [-0.39, 0.29) is 5.82 Å². The summed E-state index contributed by atoms with van der Waals surface area (Å²) < 4.78 is 21.0. The van der Waals surface area contributed by atoms with Crippen LogP contribution in [0.5, 0.6) is 5.75 Å². The quantitative estimate of drug-likeness (QED) is 0.691. The van der Waals surface area contributed by atoms with E-state index in [9.17, 15) is 4.39 Å². The normalized spacial score (nSPS) is 10.9. The number of aromatic nitrogens is 2. The van der Waals surface area contributed by atoms with Gasteiger partial charge in [-0.3, -0.25) is 4.57 Å². The number of hydrogen-bond donors (Lipinski definition) is 1. The molecule has 0 atom stereocenters. The maximum absolute atomic E-state index is 13.2. The van der Waals surface area contributed by atoms with Crippen LogP contribution in [0.4, 0.5) is 10.3 Å². The van der Waals surface area contributed by atoms with Crippen LogP contribution in [-0.4, -0.2) is 16.7 Å². The van der Waals surface area contributed by atoms with Gasteiger partial charge in [0.2, 0.25) is 5.95 Å². The molecule has 102 valence electrons. The van der Waals surface area contributed by atoms with E-state index >= 15 is 0 Å². The number of nitrogens with zero attached hydrogens (tertiary/aromatic N) is 2. The van der Waals surface area contributed by atoms with Gasteiger partial charge in [-0.15, -0.1) is 0 Å². The van der Waals surface area contributed by atoms with Crippen LogP contribution in [0.3, 0.4) is 0 Å². The molecule has 20 heavy (non-hydrogen) atoms. The fourth-order valence-electron chi connectivity index (χ4n) is 2.12. The summed E-state index contributed by atoms with van der Waals surface area (Å²) in [7, 11) is 1.60. The fraction of sp³-hybridized carbons (Fsp3) is 0.0714. The zero-order valence-corrected chi connectivity index (χ0v) is 12.8. The number of methoxy groups -OCH3 is 1. The maximum atomic E-state index is 13.2. The van der Waals surface area contributed by atoms with E-state index in [0.29, 0.717) is 5.95 Å². The molecule has 0 unspecified atom stereocenters. The molecule has 6 heteroatoms. The minimum Gasteiger partial charge on any atom is -0.497 e. The van der Waals surface area contributed by atoms with Crippen LogP contribution in [0.1, 0.15) is 0 Å². The van der Waals surface area contributed by atoms with Gasteiger partial charge in [-0.05, 0) is 52.9 Å². The van der Waals surface area contributed by atoms with E-state index in [1.54, 1.807) is 17.7 Å². The maximum Gasteiger partial charge on any atom is 0.205 e. The highest BCUT2D eigenvalue weighted by atomic mass is 127. The van der Waals surface area contributed by atoms with Crippen LogP contribution in [-0.2, 0) is 0 Å². The molecule has 1 heterocycles. The highest BCUT2D eigenvalue weighted by molar-refractivity contribution is 14.1. The van der Waals surface area contributed by atoms with Gasteiger partial charge in [0.15, 0.2) is 0 Å². The van der Waals surface area contributed by atoms with Gasteiger partial charge in [0.1, 0.15) is 11.6 Å². The Labute approximate surface area is 128 Å². The molecular formula is C14H11FIN3O. The number of anilines is 1. The Balaban J connectivity index is 2.27. The van der Waals surface area contributed by atoms with E-state index in [4.69, 9.17) is 10.5 Å². The molecular weight excluding hydrogens is 372 g/mol. The highest BCUT2D eigenvalue weighted by Crippen LogP contribution is 2.28. The number of benzene rings is 2. The van der Waals surface area contributed by atoms with Crippen molar-refractivity contribution in [2.75, 3.05) is 12.8 Å². The first kappa shape index (κ1) is 13.2. The van der Waals surface area contributed by atoms with Crippen LogP contribution in [0, 0.1) is 9.39 Å². The first-order chi connectivity index (χ1) is 9.60. The highest BCUT2D eigenvalue weighted by Gasteiger charge is 2.13. The lowest BCUT2D eigenvalue weighted by Crippen LogP contribution is -2.02. The second-order valence-electron chi connectivity index (χ2n) is 4.26. The number of imidazole rings is 1. The van der Waals surface area contributed by atoms with Gasteiger partial charge in [0.05, 0.1) is 23.8 Å².